The molecule has 0 saturated heterocycles. The zero-order chi connectivity index (χ0) is 17.0. The number of carbonyl (C=O) groups excluding carboxylic acids is 1. The number of hydrogen-bond donors (Lipinski definition) is 0. The third kappa shape index (κ3) is 3.77. The first-order chi connectivity index (χ1) is 10.8. The summed E-state index contributed by atoms with van der Waals surface area (Å²) in [6.07, 6.45) is 1.17. The molecule has 0 heterocycles. The number of rotatable bonds is 4. The quantitative estimate of drug-likeness (QED) is 0.789. The summed E-state index contributed by atoms with van der Waals surface area (Å²) in [5.41, 5.74) is 0.338. The van der Waals surface area contributed by atoms with Gasteiger partial charge >= 0.3 is 0 Å². The van der Waals surface area contributed by atoms with E-state index in [0.29, 0.717) is 10.6 Å². The van der Waals surface area contributed by atoms with Crippen LogP contribution in [-0.4, -0.2) is 14.4 Å². The topological polar surface area (TPSA) is 98.1 Å². The summed E-state index contributed by atoms with van der Waals surface area (Å²) in [6, 6.07) is 12.4. The molecule has 0 aliphatic rings. The molecule has 0 N–H and O–H groups in total. The second-order valence-electron chi connectivity index (χ2n) is 4.49. The lowest BCUT2D eigenvalue weighted by molar-refractivity contribution is -0.255. The predicted molar refractivity (Wildman–Crippen MR) is 83.0 cm³/mol. The molecule has 5 nitrogen and oxygen atoms in total. The van der Waals surface area contributed by atoms with Crippen LogP contribution in [-0.2, 0) is 9.84 Å². The molecule has 0 radical (unpaired) electrons. The summed E-state index contributed by atoms with van der Waals surface area (Å²) in [5, 5.41) is 20.2. The summed E-state index contributed by atoms with van der Waals surface area (Å²) in [7, 11) is -3.98. The normalized spacial score (nSPS) is 11.7. The average molecular weight is 347 g/mol. The van der Waals surface area contributed by atoms with E-state index in [1.807, 2.05) is 0 Å². The number of halogens is 1. The Bertz CT molecular complexity index is 908. The van der Waals surface area contributed by atoms with Crippen LogP contribution in [0.4, 0.5) is 0 Å². The lowest BCUT2D eigenvalue weighted by atomic mass is 10.1. The van der Waals surface area contributed by atoms with E-state index in [1.54, 1.807) is 6.07 Å². The first-order valence-corrected chi connectivity index (χ1v) is 8.14. The van der Waals surface area contributed by atoms with E-state index in [1.165, 1.54) is 54.6 Å². The number of benzene rings is 2. The highest BCUT2D eigenvalue weighted by Gasteiger charge is 2.20. The number of allylic oxidation sites excluding steroid dienone is 1. The van der Waals surface area contributed by atoms with Gasteiger partial charge in [0.05, 0.1) is 10.9 Å². The molecule has 0 unspecified atom stereocenters. The van der Waals surface area contributed by atoms with Crippen molar-refractivity contribution in [2.45, 2.75) is 4.90 Å². The smallest absolute Gasteiger partial charge is 0.216 e. The fourth-order valence-electron chi connectivity index (χ4n) is 1.78. The summed E-state index contributed by atoms with van der Waals surface area (Å²) < 4.78 is 24.8. The van der Waals surface area contributed by atoms with Crippen LogP contribution in [0, 0.1) is 11.3 Å². The SMILES string of the molecule is N#C/C(=C\c1ccc(C(=O)[O-])cc1)S(=O)(=O)c1ccc(Cl)cc1. The predicted octanol–water partition coefficient (Wildman–Crippen LogP) is 2.04. The molecule has 0 spiro atoms. The Labute approximate surface area is 138 Å². The second kappa shape index (κ2) is 6.65. The van der Waals surface area contributed by atoms with Crippen LogP contribution in [0.3, 0.4) is 0 Å². The maximum Gasteiger partial charge on any atom is 0.216 e. The van der Waals surface area contributed by atoms with Crippen molar-refractivity contribution in [2.24, 2.45) is 0 Å². The molecule has 0 aromatic heterocycles. The fourth-order valence-corrected chi connectivity index (χ4v) is 3.06. The Balaban J connectivity index is 2.44. The Morgan fingerprint density at radius 2 is 1.65 bits per heavy atom. The fraction of sp³-hybridized carbons (Fsp3) is 0. The molecular weight excluding hydrogens is 338 g/mol. The Hall–Kier alpha value is -2.62. The minimum absolute atomic E-state index is 0.0405. The first-order valence-electron chi connectivity index (χ1n) is 6.28. The molecule has 23 heavy (non-hydrogen) atoms. The number of carboxylic acid groups (broad SMARTS) is 1. The highest BCUT2D eigenvalue weighted by atomic mass is 35.5. The van der Waals surface area contributed by atoms with Gasteiger partial charge in [0.15, 0.2) is 0 Å². The van der Waals surface area contributed by atoms with E-state index in [2.05, 4.69) is 0 Å². The molecule has 2 aromatic rings. The maximum atomic E-state index is 12.4. The van der Waals surface area contributed by atoms with Crippen molar-refractivity contribution in [2.75, 3.05) is 0 Å². The number of sulfone groups is 1. The van der Waals surface area contributed by atoms with Gasteiger partial charge in [-0.1, -0.05) is 35.9 Å². The molecule has 116 valence electrons. The Morgan fingerprint density at radius 1 is 1.09 bits per heavy atom. The minimum atomic E-state index is -3.98. The van der Waals surface area contributed by atoms with Crippen LogP contribution in [0.1, 0.15) is 15.9 Å². The van der Waals surface area contributed by atoms with Gasteiger partial charge in [-0.3, -0.25) is 0 Å². The minimum Gasteiger partial charge on any atom is -0.545 e. The lowest BCUT2D eigenvalue weighted by Gasteiger charge is -2.05. The number of nitriles is 1. The van der Waals surface area contributed by atoms with Gasteiger partial charge in [-0.2, -0.15) is 5.26 Å². The zero-order valence-corrected chi connectivity index (χ0v) is 13.1. The van der Waals surface area contributed by atoms with E-state index >= 15 is 0 Å². The number of hydrogen-bond acceptors (Lipinski definition) is 5. The first kappa shape index (κ1) is 16.7. The zero-order valence-electron chi connectivity index (χ0n) is 11.6. The highest BCUT2D eigenvalue weighted by Crippen LogP contribution is 2.22. The van der Waals surface area contributed by atoms with Crippen molar-refractivity contribution in [1.29, 1.82) is 5.26 Å². The van der Waals surface area contributed by atoms with Gasteiger partial charge in [0.2, 0.25) is 9.84 Å². The van der Waals surface area contributed by atoms with Crippen LogP contribution in [0.25, 0.3) is 6.08 Å². The van der Waals surface area contributed by atoms with E-state index in [0.717, 1.165) is 0 Å². The van der Waals surface area contributed by atoms with Crippen LogP contribution in [0.15, 0.2) is 58.3 Å². The van der Waals surface area contributed by atoms with E-state index in [4.69, 9.17) is 16.9 Å². The molecule has 0 amide bonds. The number of carboxylic acids is 1. The van der Waals surface area contributed by atoms with Gasteiger partial charge in [-0.05, 0) is 41.5 Å². The third-order valence-corrected chi connectivity index (χ3v) is 4.90. The molecule has 2 aromatic carbocycles. The third-order valence-electron chi connectivity index (χ3n) is 2.97. The summed E-state index contributed by atoms with van der Waals surface area (Å²) in [4.78, 5) is 10.2. The molecule has 0 aliphatic carbocycles. The maximum absolute atomic E-state index is 12.4. The van der Waals surface area contributed by atoms with E-state index in [9.17, 15) is 18.3 Å². The summed E-state index contributed by atoms with van der Waals surface area (Å²) >= 11 is 5.72. The van der Waals surface area contributed by atoms with Crippen molar-refractivity contribution in [1.82, 2.24) is 0 Å². The Kier molecular flexibility index (Phi) is 4.84. The Morgan fingerprint density at radius 3 is 2.13 bits per heavy atom. The van der Waals surface area contributed by atoms with Gasteiger partial charge in [0, 0.05) is 5.02 Å². The van der Waals surface area contributed by atoms with Crippen LogP contribution in [0.5, 0.6) is 0 Å². The van der Waals surface area contributed by atoms with Crippen molar-refractivity contribution >= 4 is 33.5 Å². The lowest BCUT2D eigenvalue weighted by Crippen LogP contribution is -2.21. The standard InChI is InChI=1S/C16H10ClNO4S/c17-13-5-7-14(8-6-13)23(21,22)15(10-18)9-11-1-3-12(4-2-11)16(19)20/h1-9H,(H,19,20)/p-1/b15-9+. The summed E-state index contributed by atoms with van der Waals surface area (Å²) in [6.45, 7) is 0. The van der Waals surface area contributed by atoms with Crippen molar-refractivity contribution in [3.63, 3.8) is 0 Å². The van der Waals surface area contributed by atoms with Crippen molar-refractivity contribution in [3.05, 3.63) is 69.6 Å². The van der Waals surface area contributed by atoms with Crippen LogP contribution < -0.4 is 5.11 Å². The molecular formula is C16H9ClNO4S-. The van der Waals surface area contributed by atoms with Crippen LogP contribution >= 0.6 is 11.6 Å². The van der Waals surface area contributed by atoms with Crippen molar-refractivity contribution < 1.29 is 18.3 Å². The molecule has 7 heteroatoms. The second-order valence-corrected chi connectivity index (χ2v) is 6.84. The van der Waals surface area contributed by atoms with Gasteiger partial charge < -0.3 is 9.90 Å². The highest BCUT2D eigenvalue weighted by molar-refractivity contribution is 7.95. The molecule has 0 saturated carbocycles. The molecule has 2 rings (SSSR count). The number of aromatic carboxylic acids is 1. The van der Waals surface area contributed by atoms with Crippen LogP contribution in [0.2, 0.25) is 5.02 Å². The van der Waals surface area contributed by atoms with Gasteiger partial charge in [-0.15, -0.1) is 0 Å². The number of carbonyl (C=O) groups is 1. The molecule has 0 aliphatic heterocycles. The molecule has 0 bridgehead atoms. The largest absolute Gasteiger partial charge is 0.545 e. The van der Waals surface area contributed by atoms with E-state index in [-0.39, 0.29) is 10.5 Å². The van der Waals surface area contributed by atoms with Crippen molar-refractivity contribution in [3.8, 4) is 6.07 Å². The molecule has 0 atom stereocenters. The van der Waals surface area contributed by atoms with Gasteiger partial charge in [-0.25, -0.2) is 8.42 Å². The molecule has 0 fully saturated rings. The van der Waals surface area contributed by atoms with E-state index < -0.39 is 20.7 Å². The van der Waals surface area contributed by atoms with Gasteiger partial charge in [0.25, 0.3) is 0 Å². The average Bonchev–Trinajstić information content (AvgIpc) is 2.53. The monoisotopic (exact) mass is 346 g/mol. The number of nitrogens with zero attached hydrogens (tertiary/aromatic N) is 1. The van der Waals surface area contributed by atoms with Gasteiger partial charge in [0.1, 0.15) is 11.0 Å². The summed E-state index contributed by atoms with van der Waals surface area (Å²) in [5.74, 6) is -1.34.